The number of carbonyl (C=O) groups excluding carboxylic acids is 1. The summed E-state index contributed by atoms with van der Waals surface area (Å²) in [4.78, 5) is 17.6. The number of pyridine rings is 1. The van der Waals surface area contributed by atoms with E-state index in [4.69, 9.17) is 4.74 Å². The van der Waals surface area contributed by atoms with Crippen LogP contribution in [0.15, 0.2) is 78.0 Å². The fourth-order valence-electron chi connectivity index (χ4n) is 3.34. The largest absolute Gasteiger partial charge is 0.486 e. The van der Waals surface area contributed by atoms with Gasteiger partial charge in [-0.3, -0.25) is 4.79 Å². The molecule has 0 unspecified atom stereocenters. The van der Waals surface area contributed by atoms with Crippen LogP contribution in [0.25, 0.3) is 5.65 Å². The molecule has 0 aliphatic carbocycles. The van der Waals surface area contributed by atoms with Crippen LogP contribution in [-0.2, 0) is 23.0 Å². The maximum atomic E-state index is 12.8. The van der Waals surface area contributed by atoms with Crippen LogP contribution in [0.2, 0.25) is 0 Å². The summed E-state index contributed by atoms with van der Waals surface area (Å²) < 4.78 is 31.0. The Hall–Kier alpha value is -3.65. The van der Waals surface area contributed by atoms with Crippen LogP contribution < -0.4 is 10.1 Å². The highest BCUT2D eigenvalue weighted by Gasteiger charge is 2.13. The van der Waals surface area contributed by atoms with Gasteiger partial charge in [-0.05, 0) is 48.4 Å². The number of hydrogen-bond donors (Lipinski definition) is 1. The summed E-state index contributed by atoms with van der Waals surface area (Å²) in [7, 11) is -3.25. The minimum absolute atomic E-state index is 0.234. The molecule has 0 aliphatic rings. The summed E-state index contributed by atoms with van der Waals surface area (Å²) in [6, 6.07) is 17.4. The van der Waals surface area contributed by atoms with Gasteiger partial charge in [0.15, 0.2) is 9.84 Å². The van der Waals surface area contributed by atoms with Gasteiger partial charge in [-0.2, -0.15) is 0 Å². The normalized spacial score (nSPS) is 11.4. The quantitative estimate of drug-likeness (QED) is 0.466. The van der Waals surface area contributed by atoms with Gasteiger partial charge in [0, 0.05) is 25.2 Å². The highest BCUT2D eigenvalue weighted by atomic mass is 32.2. The molecule has 1 amide bonds. The van der Waals surface area contributed by atoms with E-state index in [0.717, 1.165) is 28.7 Å². The third-order valence-corrected chi connectivity index (χ3v) is 6.17. The fraction of sp³-hybridized carbons (Fsp3) is 0.167. The topological polar surface area (TPSA) is 89.8 Å². The fourth-order valence-corrected chi connectivity index (χ4v) is 3.97. The summed E-state index contributed by atoms with van der Waals surface area (Å²) in [5.41, 5.74) is 3.92. The number of fused-ring (bicyclic) bond motifs is 1. The first-order valence-corrected chi connectivity index (χ1v) is 11.9. The number of aryl methyl sites for hydroxylation is 1. The molecule has 2 aromatic heterocycles. The van der Waals surface area contributed by atoms with Crippen molar-refractivity contribution in [2.75, 3.05) is 6.26 Å². The highest BCUT2D eigenvalue weighted by molar-refractivity contribution is 7.90. The van der Waals surface area contributed by atoms with E-state index in [9.17, 15) is 13.2 Å². The number of imidazole rings is 1. The Labute approximate surface area is 186 Å². The molecule has 0 spiro atoms. The van der Waals surface area contributed by atoms with Crippen LogP contribution in [0.1, 0.15) is 27.2 Å². The number of sulfone groups is 1. The van der Waals surface area contributed by atoms with Crippen LogP contribution in [0, 0.1) is 6.92 Å². The van der Waals surface area contributed by atoms with E-state index in [0.29, 0.717) is 11.3 Å². The van der Waals surface area contributed by atoms with E-state index in [1.165, 1.54) is 12.1 Å². The first kappa shape index (κ1) is 21.6. The van der Waals surface area contributed by atoms with E-state index in [-0.39, 0.29) is 24.0 Å². The molecular weight excluding hydrogens is 426 g/mol. The molecule has 164 valence electrons. The number of hydrogen-bond acceptors (Lipinski definition) is 5. The van der Waals surface area contributed by atoms with E-state index >= 15 is 0 Å². The highest BCUT2D eigenvalue weighted by Crippen LogP contribution is 2.20. The average Bonchev–Trinajstić information content (AvgIpc) is 3.20. The van der Waals surface area contributed by atoms with Crippen molar-refractivity contribution in [2.45, 2.75) is 25.0 Å². The van der Waals surface area contributed by atoms with Gasteiger partial charge in [0.2, 0.25) is 0 Å². The van der Waals surface area contributed by atoms with Crippen molar-refractivity contribution in [2.24, 2.45) is 0 Å². The second-order valence-corrected chi connectivity index (χ2v) is 9.55. The lowest BCUT2D eigenvalue weighted by molar-refractivity contribution is 0.0946. The lowest BCUT2D eigenvalue weighted by Gasteiger charge is -2.11. The zero-order chi connectivity index (χ0) is 22.7. The molecule has 0 saturated carbocycles. The Morgan fingerprint density at radius 1 is 1.06 bits per heavy atom. The predicted octanol–water partition coefficient (Wildman–Crippen LogP) is 3.56. The number of benzene rings is 2. The molecule has 7 nitrogen and oxygen atoms in total. The maximum Gasteiger partial charge on any atom is 0.255 e. The zero-order valence-electron chi connectivity index (χ0n) is 17.8. The van der Waals surface area contributed by atoms with Crippen molar-refractivity contribution in [3.05, 3.63) is 95.4 Å². The number of amides is 1. The van der Waals surface area contributed by atoms with E-state index in [2.05, 4.69) is 10.3 Å². The lowest BCUT2D eigenvalue weighted by atomic mass is 10.1. The molecule has 0 radical (unpaired) electrons. The van der Waals surface area contributed by atoms with Gasteiger partial charge in [-0.1, -0.05) is 30.3 Å². The number of nitrogens with one attached hydrogen (secondary N) is 1. The number of rotatable bonds is 7. The minimum atomic E-state index is -3.25. The minimum Gasteiger partial charge on any atom is -0.486 e. The standard InChI is InChI=1S/C24H23N3O4S/c1-17-6-5-13-27-15-19(26-23(17)27)16-31-22-8-4-3-7-21(22)24(28)25-14-18-9-11-20(12-10-18)32(2,29)30/h3-13,15H,14,16H2,1-2H3,(H,25,28). The van der Waals surface area contributed by atoms with Gasteiger partial charge in [0.25, 0.3) is 5.91 Å². The van der Waals surface area contributed by atoms with Crippen LogP contribution in [0.4, 0.5) is 0 Å². The van der Waals surface area contributed by atoms with Gasteiger partial charge >= 0.3 is 0 Å². The number of nitrogens with zero attached hydrogens (tertiary/aromatic N) is 2. The molecule has 8 heteroatoms. The Kier molecular flexibility index (Phi) is 5.96. The van der Waals surface area contributed by atoms with E-state index in [1.54, 1.807) is 30.3 Å². The first-order valence-electron chi connectivity index (χ1n) is 10.0. The smallest absolute Gasteiger partial charge is 0.255 e. The Bertz CT molecular complexity index is 1380. The third kappa shape index (κ3) is 4.81. The van der Waals surface area contributed by atoms with Crippen molar-refractivity contribution in [1.29, 1.82) is 0 Å². The van der Waals surface area contributed by atoms with E-state index in [1.807, 2.05) is 41.9 Å². The molecule has 2 aromatic carbocycles. The van der Waals surface area contributed by atoms with E-state index < -0.39 is 9.84 Å². The molecule has 4 rings (SSSR count). The summed E-state index contributed by atoms with van der Waals surface area (Å²) in [5.74, 6) is 0.185. The number of carbonyl (C=O) groups is 1. The van der Waals surface area contributed by atoms with Gasteiger partial charge in [0.1, 0.15) is 18.0 Å². The van der Waals surface area contributed by atoms with Crippen LogP contribution in [-0.4, -0.2) is 30.0 Å². The number of ether oxygens (including phenoxy) is 1. The zero-order valence-corrected chi connectivity index (χ0v) is 18.6. The molecule has 0 saturated heterocycles. The summed E-state index contributed by atoms with van der Waals surface area (Å²) in [6.07, 6.45) is 5.00. The van der Waals surface area contributed by atoms with Gasteiger partial charge < -0.3 is 14.5 Å². The average molecular weight is 450 g/mol. The molecule has 0 bridgehead atoms. The summed E-state index contributed by atoms with van der Waals surface area (Å²) >= 11 is 0. The molecule has 1 N–H and O–H groups in total. The van der Waals surface area contributed by atoms with Crippen molar-refractivity contribution in [1.82, 2.24) is 14.7 Å². The second-order valence-electron chi connectivity index (χ2n) is 7.54. The number of para-hydroxylation sites is 1. The lowest BCUT2D eigenvalue weighted by Crippen LogP contribution is -2.23. The molecule has 0 atom stereocenters. The van der Waals surface area contributed by atoms with Gasteiger partial charge in [-0.25, -0.2) is 13.4 Å². The molecular formula is C24H23N3O4S. The Morgan fingerprint density at radius 2 is 1.81 bits per heavy atom. The van der Waals surface area contributed by atoms with Crippen molar-refractivity contribution in [3.63, 3.8) is 0 Å². The Balaban J connectivity index is 1.43. The summed E-state index contributed by atoms with van der Waals surface area (Å²) in [6.45, 7) is 2.50. The van der Waals surface area contributed by atoms with Crippen LogP contribution in [0.5, 0.6) is 5.75 Å². The predicted molar refractivity (Wildman–Crippen MR) is 121 cm³/mol. The van der Waals surface area contributed by atoms with Gasteiger partial charge in [0.05, 0.1) is 16.2 Å². The molecule has 0 aliphatic heterocycles. The van der Waals surface area contributed by atoms with Crippen molar-refractivity contribution in [3.8, 4) is 5.75 Å². The molecule has 4 aromatic rings. The van der Waals surface area contributed by atoms with Crippen molar-refractivity contribution < 1.29 is 17.9 Å². The molecule has 0 fully saturated rings. The number of aromatic nitrogens is 2. The second kappa shape index (κ2) is 8.84. The van der Waals surface area contributed by atoms with Crippen LogP contribution in [0.3, 0.4) is 0 Å². The first-order chi connectivity index (χ1) is 15.3. The maximum absolute atomic E-state index is 12.8. The Morgan fingerprint density at radius 3 is 2.53 bits per heavy atom. The molecule has 32 heavy (non-hydrogen) atoms. The molecule has 2 heterocycles. The third-order valence-electron chi connectivity index (χ3n) is 5.04. The van der Waals surface area contributed by atoms with Crippen LogP contribution >= 0.6 is 0 Å². The monoisotopic (exact) mass is 449 g/mol. The SMILES string of the molecule is Cc1cccn2cc(COc3ccccc3C(=O)NCc3ccc(S(C)(=O)=O)cc3)nc12. The summed E-state index contributed by atoms with van der Waals surface area (Å²) in [5, 5.41) is 2.85. The van der Waals surface area contributed by atoms with Gasteiger partial charge in [-0.15, -0.1) is 0 Å². The van der Waals surface area contributed by atoms with Crippen molar-refractivity contribution >= 4 is 21.4 Å².